The summed E-state index contributed by atoms with van der Waals surface area (Å²) in [7, 11) is 3.39. The molecule has 0 aliphatic heterocycles. The molecule has 0 aliphatic rings. The van der Waals surface area contributed by atoms with Crippen molar-refractivity contribution >= 4 is 0 Å². The maximum atomic E-state index is 6.07. The van der Waals surface area contributed by atoms with Crippen LogP contribution in [0.5, 0.6) is 5.75 Å². The van der Waals surface area contributed by atoms with E-state index in [0.29, 0.717) is 12.2 Å². The number of benzene rings is 1. The molecule has 0 amide bonds. The summed E-state index contributed by atoms with van der Waals surface area (Å²) in [5.74, 6) is 1.53. The summed E-state index contributed by atoms with van der Waals surface area (Å²) in [5.41, 5.74) is 7.24. The van der Waals surface area contributed by atoms with Crippen LogP contribution in [-0.2, 0) is 19.9 Å². The van der Waals surface area contributed by atoms with Crippen molar-refractivity contribution in [1.29, 1.82) is 0 Å². The monoisotopic (exact) mass is 247 g/mol. The van der Waals surface area contributed by atoms with Gasteiger partial charge in [0.25, 0.3) is 0 Å². The van der Waals surface area contributed by atoms with Crippen LogP contribution < -0.4 is 10.5 Å². The summed E-state index contributed by atoms with van der Waals surface area (Å²) in [5, 5.41) is 11.8. The van der Waals surface area contributed by atoms with Gasteiger partial charge in [-0.05, 0) is 29.3 Å². The molecule has 6 heteroatoms. The molecule has 2 rings (SSSR count). The summed E-state index contributed by atoms with van der Waals surface area (Å²) in [6, 6.07) is 7.89. The number of ether oxygens (including phenoxy) is 1. The molecule has 6 nitrogen and oxygen atoms in total. The Morgan fingerprint density at radius 2 is 2.00 bits per heavy atom. The fourth-order valence-electron chi connectivity index (χ4n) is 1.78. The molecule has 96 valence electrons. The summed E-state index contributed by atoms with van der Waals surface area (Å²) in [6.07, 6.45) is 1.40. The van der Waals surface area contributed by atoms with Crippen molar-refractivity contribution in [2.24, 2.45) is 12.8 Å². The number of methoxy groups -OCH3 is 1. The number of aryl methyl sites for hydroxylation is 1. The zero-order valence-electron chi connectivity index (χ0n) is 10.6. The fourth-order valence-corrected chi connectivity index (χ4v) is 1.78. The van der Waals surface area contributed by atoms with Crippen molar-refractivity contribution in [1.82, 2.24) is 20.2 Å². The Bertz CT molecular complexity index is 493. The van der Waals surface area contributed by atoms with E-state index in [1.807, 2.05) is 24.3 Å². The van der Waals surface area contributed by atoms with Gasteiger partial charge in [-0.2, -0.15) is 4.80 Å². The zero-order chi connectivity index (χ0) is 13.0. The Balaban J connectivity index is 1.91. The second-order valence-electron chi connectivity index (χ2n) is 4.21. The van der Waals surface area contributed by atoms with Crippen molar-refractivity contribution < 1.29 is 4.74 Å². The quantitative estimate of drug-likeness (QED) is 0.823. The van der Waals surface area contributed by atoms with E-state index in [4.69, 9.17) is 10.5 Å². The Kier molecular flexibility index (Phi) is 3.88. The number of nitrogens with zero attached hydrogens (tertiary/aromatic N) is 4. The first-order valence-corrected chi connectivity index (χ1v) is 5.79. The third-order valence-electron chi connectivity index (χ3n) is 2.65. The van der Waals surface area contributed by atoms with Gasteiger partial charge < -0.3 is 10.5 Å². The number of nitrogens with two attached hydrogens (primary N) is 1. The van der Waals surface area contributed by atoms with E-state index in [2.05, 4.69) is 15.4 Å². The molecule has 18 heavy (non-hydrogen) atoms. The first-order valence-electron chi connectivity index (χ1n) is 5.79. The van der Waals surface area contributed by atoms with Crippen LogP contribution in [-0.4, -0.2) is 33.4 Å². The molecule has 1 aromatic carbocycles. The van der Waals surface area contributed by atoms with Gasteiger partial charge in [0.2, 0.25) is 0 Å². The van der Waals surface area contributed by atoms with Gasteiger partial charge in [0.15, 0.2) is 5.82 Å². The molecule has 1 unspecified atom stereocenters. The average molecular weight is 247 g/mol. The van der Waals surface area contributed by atoms with Crippen LogP contribution >= 0.6 is 0 Å². The molecular formula is C12H17N5O. The number of tetrazole rings is 1. The third-order valence-corrected chi connectivity index (χ3v) is 2.65. The second-order valence-corrected chi connectivity index (χ2v) is 4.21. The Labute approximate surface area is 106 Å². The van der Waals surface area contributed by atoms with Crippen LogP contribution in [0.4, 0.5) is 0 Å². The SMILES string of the molecule is COc1ccc(CC(N)Cc2nnn(C)n2)cc1. The Hall–Kier alpha value is -1.95. The van der Waals surface area contributed by atoms with Crippen LogP contribution in [0.1, 0.15) is 11.4 Å². The van der Waals surface area contributed by atoms with E-state index >= 15 is 0 Å². The normalized spacial score (nSPS) is 12.4. The molecule has 0 bridgehead atoms. The van der Waals surface area contributed by atoms with Crippen molar-refractivity contribution in [3.63, 3.8) is 0 Å². The molecule has 1 atom stereocenters. The molecule has 0 fully saturated rings. The van der Waals surface area contributed by atoms with Crippen LogP contribution in [0.2, 0.25) is 0 Å². The lowest BCUT2D eigenvalue weighted by atomic mass is 10.0. The maximum Gasteiger partial charge on any atom is 0.176 e. The first kappa shape index (κ1) is 12.5. The molecule has 2 aromatic rings. The van der Waals surface area contributed by atoms with Crippen molar-refractivity contribution in [2.75, 3.05) is 7.11 Å². The lowest BCUT2D eigenvalue weighted by molar-refractivity contribution is 0.414. The molecular weight excluding hydrogens is 230 g/mol. The van der Waals surface area contributed by atoms with Crippen LogP contribution in [0.25, 0.3) is 0 Å². The highest BCUT2D eigenvalue weighted by Gasteiger charge is 2.09. The number of hydrogen-bond donors (Lipinski definition) is 1. The zero-order valence-corrected chi connectivity index (χ0v) is 10.6. The highest BCUT2D eigenvalue weighted by atomic mass is 16.5. The van der Waals surface area contributed by atoms with E-state index in [1.54, 1.807) is 14.2 Å². The smallest absolute Gasteiger partial charge is 0.176 e. The second kappa shape index (κ2) is 5.59. The predicted octanol–water partition coefficient (Wildman–Crippen LogP) is 0.331. The molecule has 0 radical (unpaired) electrons. The lowest BCUT2D eigenvalue weighted by Gasteiger charge is -2.09. The number of aromatic nitrogens is 4. The van der Waals surface area contributed by atoms with E-state index in [0.717, 1.165) is 12.2 Å². The molecule has 0 saturated heterocycles. The first-order chi connectivity index (χ1) is 8.67. The molecule has 0 spiro atoms. The van der Waals surface area contributed by atoms with Crippen molar-refractivity contribution in [3.05, 3.63) is 35.7 Å². The van der Waals surface area contributed by atoms with Crippen molar-refractivity contribution in [3.8, 4) is 5.75 Å². The third kappa shape index (κ3) is 3.27. The molecule has 2 N–H and O–H groups in total. The fraction of sp³-hybridized carbons (Fsp3) is 0.417. The van der Waals surface area contributed by atoms with Crippen molar-refractivity contribution in [2.45, 2.75) is 18.9 Å². The largest absolute Gasteiger partial charge is 0.497 e. The Morgan fingerprint density at radius 3 is 2.56 bits per heavy atom. The minimum atomic E-state index is -0.0115. The van der Waals surface area contributed by atoms with Gasteiger partial charge in [0, 0.05) is 12.5 Å². The average Bonchev–Trinajstić information content (AvgIpc) is 2.75. The number of hydrogen-bond acceptors (Lipinski definition) is 5. The van der Waals surface area contributed by atoms with Gasteiger partial charge in [-0.3, -0.25) is 0 Å². The molecule has 0 aliphatic carbocycles. The van der Waals surface area contributed by atoms with E-state index in [9.17, 15) is 0 Å². The van der Waals surface area contributed by atoms with Gasteiger partial charge in [-0.1, -0.05) is 12.1 Å². The van der Waals surface area contributed by atoms with Gasteiger partial charge in [0.1, 0.15) is 5.75 Å². The highest BCUT2D eigenvalue weighted by molar-refractivity contribution is 5.27. The van der Waals surface area contributed by atoms with Crippen LogP contribution in [0.3, 0.4) is 0 Å². The molecule has 0 saturated carbocycles. The van der Waals surface area contributed by atoms with E-state index < -0.39 is 0 Å². The van der Waals surface area contributed by atoms with E-state index in [1.165, 1.54) is 10.4 Å². The van der Waals surface area contributed by atoms with Crippen LogP contribution in [0.15, 0.2) is 24.3 Å². The van der Waals surface area contributed by atoms with Gasteiger partial charge in [0.05, 0.1) is 14.2 Å². The molecule has 1 aromatic heterocycles. The summed E-state index contributed by atoms with van der Waals surface area (Å²) in [6.45, 7) is 0. The molecule has 1 heterocycles. The van der Waals surface area contributed by atoms with E-state index in [-0.39, 0.29) is 6.04 Å². The van der Waals surface area contributed by atoms with Gasteiger partial charge in [-0.15, -0.1) is 10.2 Å². The summed E-state index contributed by atoms with van der Waals surface area (Å²) >= 11 is 0. The minimum Gasteiger partial charge on any atom is -0.497 e. The maximum absolute atomic E-state index is 6.07. The summed E-state index contributed by atoms with van der Waals surface area (Å²) < 4.78 is 5.11. The lowest BCUT2D eigenvalue weighted by Crippen LogP contribution is -2.26. The van der Waals surface area contributed by atoms with Gasteiger partial charge >= 0.3 is 0 Å². The minimum absolute atomic E-state index is 0.0115. The Morgan fingerprint density at radius 1 is 1.28 bits per heavy atom. The standard InChI is InChI=1S/C12H17N5O/c1-17-15-12(14-16-17)8-10(13)7-9-3-5-11(18-2)6-4-9/h3-6,10H,7-8,13H2,1-2H3. The topological polar surface area (TPSA) is 78.9 Å². The predicted molar refractivity (Wildman–Crippen MR) is 67.2 cm³/mol. The highest BCUT2D eigenvalue weighted by Crippen LogP contribution is 2.12. The van der Waals surface area contributed by atoms with Crippen LogP contribution in [0, 0.1) is 0 Å². The summed E-state index contributed by atoms with van der Waals surface area (Å²) in [4.78, 5) is 1.44. The number of rotatable bonds is 5. The van der Waals surface area contributed by atoms with Gasteiger partial charge in [-0.25, -0.2) is 0 Å².